The SMILES string of the molecule is COC(=O)[C@]1(NC(=O)c2ccccc2)CCC2=[N+](CC1)[C@@H](c1ccccc1)CO2. The second kappa shape index (κ2) is 8.07. The van der Waals surface area contributed by atoms with Crippen LogP contribution in [0.1, 0.15) is 41.2 Å². The Balaban J connectivity index is 1.57. The number of carbonyl (C=O) groups is 2. The normalized spacial score (nSPS) is 23.6. The van der Waals surface area contributed by atoms with Crippen LogP contribution in [0.4, 0.5) is 0 Å². The predicted molar refractivity (Wildman–Crippen MR) is 108 cm³/mol. The van der Waals surface area contributed by atoms with Gasteiger partial charge in [-0.3, -0.25) is 4.79 Å². The van der Waals surface area contributed by atoms with E-state index in [1.807, 2.05) is 24.3 Å². The minimum atomic E-state index is -1.08. The highest BCUT2D eigenvalue weighted by atomic mass is 16.5. The van der Waals surface area contributed by atoms with Gasteiger partial charge in [-0.05, 0) is 18.6 Å². The molecule has 0 saturated heterocycles. The Hall–Kier alpha value is -3.15. The molecule has 2 atom stereocenters. The second-order valence-electron chi connectivity index (χ2n) is 7.47. The molecule has 0 radical (unpaired) electrons. The molecule has 1 amide bonds. The van der Waals surface area contributed by atoms with E-state index >= 15 is 0 Å². The fourth-order valence-electron chi connectivity index (χ4n) is 4.18. The van der Waals surface area contributed by atoms with Crippen molar-refractivity contribution in [3.63, 3.8) is 0 Å². The molecule has 150 valence electrons. The largest absolute Gasteiger partial charge is 0.467 e. The second-order valence-corrected chi connectivity index (χ2v) is 7.47. The van der Waals surface area contributed by atoms with Gasteiger partial charge in [0.1, 0.15) is 12.1 Å². The van der Waals surface area contributed by atoms with E-state index in [1.54, 1.807) is 24.3 Å². The van der Waals surface area contributed by atoms with Gasteiger partial charge >= 0.3 is 11.9 Å². The first-order valence-electron chi connectivity index (χ1n) is 9.89. The number of hydrogen-bond acceptors (Lipinski definition) is 4. The van der Waals surface area contributed by atoms with Crippen molar-refractivity contribution in [2.75, 3.05) is 20.3 Å². The molecule has 0 unspecified atom stereocenters. The van der Waals surface area contributed by atoms with Gasteiger partial charge in [0.25, 0.3) is 5.91 Å². The summed E-state index contributed by atoms with van der Waals surface area (Å²) >= 11 is 0. The van der Waals surface area contributed by atoms with Crippen LogP contribution in [0.25, 0.3) is 0 Å². The maximum atomic E-state index is 12.8. The highest BCUT2D eigenvalue weighted by Gasteiger charge is 2.48. The molecular formula is C23H25N2O4+. The van der Waals surface area contributed by atoms with Crippen molar-refractivity contribution in [2.45, 2.75) is 30.8 Å². The van der Waals surface area contributed by atoms with Gasteiger partial charge in [-0.15, -0.1) is 0 Å². The van der Waals surface area contributed by atoms with Gasteiger partial charge in [0.05, 0.1) is 13.5 Å². The zero-order chi connectivity index (χ0) is 20.3. The van der Waals surface area contributed by atoms with Gasteiger partial charge in [-0.25, -0.2) is 4.79 Å². The summed E-state index contributed by atoms with van der Waals surface area (Å²) in [5.74, 6) is 0.182. The van der Waals surface area contributed by atoms with E-state index in [1.165, 1.54) is 12.7 Å². The first-order chi connectivity index (χ1) is 14.1. The molecule has 6 nitrogen and oxygen atoms in total. The van der Waals surface area contributed by atoms with Crippen molar-refractivity contribution in [3.05, 3.63) is 71.8 Å². The molecule has 0 fully saturated rings. The quantitative estimate of drug-likeness (QED) is 0.641. The van der Waals surface area contributed by atoms with E-state index in [4.69, 9.17) is 9.47 Å². The Labute approximate surface area is 170 Å². The first-order valence-corrected chi connectivity index (χ1v) is 9.89. The van der Waals surface area contributed by atoms with E-state index < -0.39 is 11.5 Å². The summed E-state index contributed by atoms with van der Waals surface area (Å²) in [6.07, 6.45) is 1.45. The van der Waals surface area contributed by atoms with Crippen LogP contribution in [-0.2, 0) is 14.3 Å². The molecule has 29 heavy (non-hydrogen) atoms. The Kier molecular flexibility index (Phi) is 5.34. The zero-order valence-electron chi connectivity index (χ0n) is 16.5. The number of hydrogen-bond donors (Lipinski definition) is 1. The molecule has 2 aromatic rings. The topological polar surface area (TPSA) is 67.6 Å². The summed E-state index contributed by atoms with van der Waals surface area (Å²) in [7, 11) is 1.36. The summed E-state index contributed by atoms with van der Waals surface area (Å²) in [5.41, 5.74) is 0.622. The maximum absolute atomic E-state index is 12.8. The Bertz CT molecular complexity index is 926. The third-order valence-electron chi connectivity index (χ3n) is 5.80. The van der Waals surface area contributed by atoms with Crippen molar-refractivity contribution in [1.82, 2.24) is 5.32 Å². The molecule has 4 rings (SSSR count). The van der Waals surface area contributed by atoms with E-state index in [0.29, 0.717) is 38.0 Å². The zero-order valence-corrected chi connectivity index (χ0v) is 16.5. The summed E-state index contributed by atoms with van der Waals surface area (Å²) < 4.78 is 13.3. The number of benzene rings is 2. The maximum Gasteiger partial charge on any atom is 0.337 e. The van der Waals surface area contributed by atoms with Gasteiger partial charge in [-0.1, -0.05) is 48.5 Å². The van der Waals surface area contributed by atoms with Crippen molar-refractivity contribution >= 4 is 17.8 Å². The van der Waals surface area contributed by atoms with Crippen molar-refractivity contribution in [2.24, 2.45) is 0 Å². The Morgan fingerprint density at radius 1 is 1.07 bits per heavy atom. The van der Waals surface area contributed by atoms with Gasteiger partial charge in [0.2, 0.25) is 6.04 Å². The van der Waals surface area contributed by atoms with Crippen molar-refractivity contribution in [1.29, 1.82) is 0 Å². The lowest BCUT2D eigenvalue weighted by Gasteiger charge is -2.30. The van der Waals surface area contributed by atoms with E-state index in [2.05, 4.69) is 22.0 Å². The lowest BCUT2D eigenvalue weighted by molar-refractivity contribution is -0.563. The van der Waals surface area contributed by atoms with Crippen LogP contribution in [0.15, 0.2) is 60.7 Å². The number of carbonyl (C=O) groups excluding carboxylic acids is 2. The van der Waals surface area contributed by atoms with Crippen LogP contribution >= 0.6 is 0 Å². The third-order valence-corrected chi connectivity index (χ3v) is 5.80. The van der Waals surface area contributed by atoms with Gasteiger partial charge in [-0.2, -0.15) is 4.58 Å². The summed E-state index contributed by atoms with van der Waals surface area (Å²) in [6, 6.07) is 19.3. The number of ether oxygens (including phenoxy) is 2. The standard InChI is InChI=1S/C23H24N2O4/c1-28-22(27)23(24-21(26)18-10-6-3-7-11-18)13-12-20-25(15-14-23)19(16-29-20)17-8-4-2-5-9-17/h2-11,19H,12-16H2,1H3/p+1/t19-,23+/m1/s1. The minimum Gasteiger partial charge on any atom is -0.467 e. The highest BCUT2D eigenvalue weighted by Crippen LogP contribution is 2.31. The van der Waals surface area contributed by atoms with Crippen LogP contribution in [0, 0.1) is 0 Å². The molecule has 0 aromatic heterocycles. The Morgan fingerprint density at radius 2 is 1.76 bits per heavy atom. The molecule has 2 heterocycles. The van der Waals surface area contributed by atoms with Gasteiger partial charge in [0, 0.05) is 17.5 Å². The predicted octanol–water partition coefficient (Wildman–Crippen LogP) is 2.69. The third kappa shape index (κ3) is 3.75. The number of methoxy groups -OCH3 is 1. The summed E-state index contributed by atoms with van der Waals surface area (Å²) in [4.78, 5) is 25.6. The van der Waals surface area contributed by atoms with E-state index in [-0.39, 0.29) is 11.9 Å². The van der Waals surface area contributed by atoms with E-state index in [9.17, 15) is 9.59 Å². The summed E-state index contributed by atoms with van der Waals surface area (Å²) in [5, 5.41) is 2.97. The molecular weight excluding hydrogens is 368 g/mol. The molecule has 0 aliphatic carbocycles. The molecule has 2 aromatic carbocycles. The lowest BCUT2D eigenvalue weighted by atomic mass is 9.89. The monoisotopic (exact) mass is 393 g/mol. The average molecular weight is 393 g/mol. The number of rotatable bonds is 4. The molecule has 1 N–H and O–H groups in total. The number of nitrogens with one attached hydrogen (secondary N) is 1. The number of amides is 1. The number of esters is 1. The van der Waals surface area contributed by atoms with Gasteiger partial charge in [0.15, 0.2) is 6.61 Å². The average Bonchev–Trinajstić information content (AvgIpc) is 3.10. The Morgan fingerprint density at radius 3 is 2.45 bits per heavy atom. The van der Waals surface area contributed by atoms with Crippen LogP contribution in [0.3, 0.4) is 0 Å². The molecule has 0 saturated carbocycles. The number of nitrogens with zero attached hydrogens (tertiary/aromatic N) is 1. The fourth-order valence-corrected chi connectivity index (χ4v) is 4.18. The summed E-state index contributed by atoms with van der Waals surface area (Å²) in [6.45, 7) is 1.19. The van der Waals surface area contributed by atoms with E-state index in [0.717, 1.165) is 5.90 Å². The first kappa shape index (κ1) is 19.2. The smallest absolute Gasteiger partial charge is 0.337 e. The van der Waals surface area contributed by atoms with Gasteiger partial charge < -0.3 is 14.8 Å². The highest BCUT2D eigenvalue weighted by molar-refractivity contribution is 5.98. The van der Waals surface area contributed by atoms with Crippen LogP contribution in [-0.4, -0.2) is 48.2 Å². The van der Waals surface area contributed by atoms with Crippen LogP contribution < -0.4 is 5.32 Å². The van der Waals surface area contributed by atoms with Crippen LogP contribution in [0.2, 0.25) is 0 Å². The van der Waals surface area contributed by atoms with Crippen molar-refractivity contribution in [3.8, 4) is 0 Å². The molecule has 6 heteroatoms. The minimum absolute atomic E-state index is 0.115. The van der Waals surface area contributed by atoms with Crippen LogP contribution in [0.5, 0.6) is 0 Å². The molecule has 0 bridgehead atoms. The molecule has 2 aliphatic heterocycles. The van der Waals surface area contributed by atoms with Crippen molar-refractivity contribution < 1.29 is 23.6 Å². The fraction of sp³-hybridized carbons (Fsp3) is 0.348. The molecule has 0 spiro atoms. The lowest BCUT2D eigenvalue weighted by Crippen LogP contribution is -2.55. The molecule has 2 aliphatic rings.